The van der Waals surface area contributed by atoms with E-state index in [1.165, 1.54) is 0 Å². The van der Waals surface area contributed by atoms with Gasteiger partial charge in [-0.3, -0.25) is 0 Å². The number of aryl methyl sites for hydroxylation is 1. The smallest absolute Gasteiger partial charge is 0.137 e. The van der Waals surface area contributed by atoms with Gasteiger partial charge in [-0.15, -0.1) is 0 Å². The fourth-order valence-corrected chi connectivity index (χ4v) is 1.36. The van der Waals surface area contributed by atoms with Crippen LogP contribution in [-0.2, 0) is 0 Å². The fraction of sp³-hybridized carbons (Fsp3) is 0.500. The van der Waals surface area contributed by atoms with Crippen molar-refractivity contribution in [3.8, 4) is 5.75 Å². The van der Waals surface area contributed by atoms with Crippen molar-refractivity contribution in [2.24, 2.45) is 5.73 Å². The van der Waals surface area contributed by atoms with E-state index in [4.69, 9.17) is 10.5 Å². The molecular weight excluding hydrogens is 226 g/mol. The quantitative estimate of drug-likeness (QED) is 0.912. The summed E-state index contributed by atoms with van der Waals surface area (Å²) in [7, 11) is 0. The van der Waals surface area contributed by atoms with Crippen LogP contribution in [0.1, 0.15) is 33.4 Å². The SMILES string of the molecule is CC.CC.Cc1cn2cc(OCCN)ccc2n1. The number of rotatable bonds is 3. The van der Waals surface area contributed by atoms with E-state index in [1.54, 1.807) is 0 Å². The third kappa shape index (κ3) is 4.75. The molecule has 0 aliphatic rings. The van der Waals surface area contributed by atoms with E-state index in [0.717, 1.165) is 17.1 Å². The number of nitrogens with two attached hydrogens (primary N) is 1. The molecular formula is C14H25N3O. The molecule has 0 aromatic carbocycles. The second-order valence-corrected chi connectivity index (χ2v) is 3.15. The summed E-state index contributed by atoms with van der Waals surface area (Å²) in [5.74, 6) is 0.820. The van der Waals surface area contributed by atoms with Gasteiger partial charge in [0.2, 0.25) is 0 Å². The highest BCUT2D eigenvalue weighted by Crippen LogP contribution is 2.13. The van der Waals surface area contributed by atoms with Gasteiger partial charge in [0.25, 0.3) is 0 Å². The van der Waals surface area contributed by atoms with Crippen molar-refractivity contribution >= 4 is 5.65 Å². The molecule has 0 atom stereocenters. The third-order valence-corrected chi connectivity index (χ3v) is 1.93. The lowest BCUT2D eigenvalue weighted by Crippen LogP contribution is -2.10. The summed E-state index contributed by atoms with van der Waals surface area (Å²) in [5.41, 5.74) is 7.28. The van der Waals surface area contributed by atoms with Gasteiger partial charge in [0.15, 0.2) is 0 Å². The Hall–Kier alpha value is -1.55. The second kappa shape index (κ2) is 9.48. The first kappa shape index (κ1) is 16.4. The van der Waals surface area contributed by atoms with Crippen LogP contribution >= 0.6 is 0 Å². The number of hydrogen-bond donors (Lipinski definition) is 1. The molecule has 0 saturated carbocycles. The number of aromatic nitrogens is 2. The molecule has 2 rings (SSSR count). The van der Waals surface area contributed by atoms with Crippen LogP contribution in [0.2, 0.25) is 0 Å². The summed E-state index contributed by atoms with van der Waals surface area (Å²) in [4.78, 5) is 4.32. The van der Waals surface area contributed by atoms with E-state index in [0.29, 0.717) is 13.2 Å². The Labute approximate surface area is 110 Å². The first-order valence-electron chi connectivity index (χ1n) is 6.58. The van der Waals surface area contributed by atoms with Gasteiger partial charge in [0.05, 0.1) is 11.9 Å². The normalized spacial score (nSPS) is 9.00. The van der Waals surface area contributed by atoms with E-state index in [1.807, 2.05) is 63.5 Å². The van der Waals surface area contributed by atoms with E-state index >= 15 is 0 Å². The molecule has 0 amide bonds. The van der Waals surface area contributed by atoms with Crippen molar-refractivity contribution in [2.75, 3.05) is 13.2 Å². The molecule has 2 N–H and O–H groups in total. The fourth-order valence-electron chi connectivity index (χ4n) is 1.36. The number of pyridine rings is 1. The van der Waals surface area contributed by atoms with E-state index in [9.17, 15) is 0 Å². The third-order valence-electron chi connectivity index (χ3n) is 1.93. The van der Waals surface area contributed by atoms with E-state index in [-0.39, 0.29) is 0 Å². The van der Waals surface area contributed by atoms with E-state index < -0.39 is 0 Å². The molecule has 4 heteroatoms. The number of ether oxygens (including phenoxy) is 1. The molecule has 0 fully saturated rings. The molecule has 0 radical (unpaired) electrons. The average Bonchev–Trinajstić information content (AvgIpc) is 2.80. The zero-order valence-electron chi connectivity index (χ0n) is 12.1. The molecule has 4 nitrogen and oxygen atoms in total. The minimum atomic E-state index is 0.529. The summed E-state index contributed by atoms with van der Waals surface area (Å²) in [6.45, 7) is 11.0. The van der Waals surface area contributed by atoms with Crippen LogP contribution in [0.25, 0.3) is 5.65 Å². The summed E-state index contributed by atoms with van der Waals surface area (Å²) < 4.78 is 7.34. The Kier molecular flexibility index (Phi) is 8.66. The molecule has 102 valence electrons. The lowest BCUT2D eigenvalue weighted by molar-refractivity contribution is 0.326. The summed E-state index contributed by atoms with van der Waals surface area (Å²) >= 11 is 0. The average molecular weight is 251 g/mol. The van der Waals surface area contributed by atoms with Crippen LogP contribution in [-0.4, -0.2) is 22.5 Å². The highest BCUT2D eigenvalue weighted by atomic mass is 16.5. The predicted octanol–water partition coefficient (Wildman–Crippen LogP) is 3.03. The van der Waals surface area contributed by atoms with Gasteiger partial charge < -0.3 is 14.9 Å². The highest BCUT2D eigenvalue weighted by Gasteiger charge is 1.98. The van der Waals surface area contributed by atoms with Crippen LogP contribution < -0.4 is 10.5 Å². The Balaban J connectivity index is 0.000000659. The van der Waals surface area contributed by atoms with Crippen LogP contribution in [0, 0.1) is 6.92 Å². The van der Waals surface area contributed by atoms with Crippen molar-refractivity contribution in [3.05, 3.63) is 30.2 Å². The lowest BCUT2D eigenvalue weighted by atomic mass is 10.4. The van der Waals surface area contributed by atoms with Crippen molar-refractivity contribution in [3.63, 3.8) is 0 Å². The van der Waals surface area contributed by atoms with Crippen LogP contribution in [0.4, 0.5) is 0 Å². The van der Waals surface area contributed by atoms with Crippen LogP contribution in [0.5, 0.6) is 5.75 Å². The Bertz CT molecular complexity index is 438. The van der Waals surface area contributed by atoms with Gasteiger partial charge >= 0.3 is 0 Å². The molecule has 2 aromatic heterocycles. The molecule has 0 bridgehead atoms. The van der Waals surface area contributed by atoms with Gasteiger partial charge in [-0.05, 0) is 19.1 Å². The topological polar surface area (TPSA) is 52.5 Å². The summed E-state index contributed by atoms with van der Waals surface area (Å²) in [6, 6.07) is 3.83. The van der Waals surface area contributed by atoms with Gasteiger partial charge in [0, 0.05) is 12.7 Å². The molecule has 0 aliphatic carbocycles. The van der Waals surface area contributed by atoms with Gasteiger partial charge in [-0.1, -0.05) is 27.7 Å². The molecule has 2 heterocycles. The lowest BCUT2D eigenvalue weighted by Gasteiger charge is -2.03. The Morgan fingerprint density at radius 2 is 1.83 bits per heavy atom. The highest BCUT2D eigenvalue weighted by molar-refractivity contribution is 5.42. The Morgan fingerprint density at radius 1 is 1.17 bits per heavy atom. The molecule has 0 saturated heterocycles. The first-order chi connectivity index (χ1) is 8.79. The maximum absolute atomic E-state index is 5.40. The molecule has 0 aliphatic heterocycles. The largest absolute Gasteiger partial charge is 0.491 e. The van der Waals surface area contributed by atoms with Crippen LogP contribution in [0.15, 0.2) is 24.5 Å². The molecule has 0 spiro atoms. The number of hydrogen-bond acceptors (Lipinski definition) is 3. The minimum absolute atomic E-state index is 0.529. The van der Waals surface area contributed by atoms with Gasteiger partial charge in [-0.2, -0.15) is 0 Å². The standard InChI is InChI=1S/C10H13N3O.2C2H6/c1-8-6-13-7-9(14-5-4-11)2-3-10(13)12-8;2*1-2/h2-3,6-7H,4-5,11H2,1H3;2*1-2H3. The monoisotopic (exact) mass is 251 g/mol. The maximum Gasteiger partial charge on any atom is 0.137 e. The molecule has 0 unspecified atom stereocenters. The molecule has 18 heavy (non-hydrogen) atoms. The van der Waals surface area contributed by atoms with Crippen molar-refractivity contribution < 1.29 is 4.74 Å². The maximum atomic E-state index is 5.40. The van der Waals surface area contributed by atoms with Gasteiger partial charge in [-0.25, -0.2) is 4.98 Å². The number of nitrogens with zero attached hydrogens (tertiary/aromatic N) is 2. The van der Waals surface area contributed by atoms with Crippen molar-refractivity contribution in [1.29, 1.82) is 0 Å². The second-order valence-electron chi connectivity index (χ2n) is 3.15. The molecule has 2 aromatic rings. The zero-order valence-corrected chi connectivity index (χ0v) is 12.1. The van der Waals surface area contributed by atoms with Gasteiger partial charge in [0.1, 0.15) is 18.0 Å². The minimum Gasteiger partial charge on any atom is -0.491 e. The summed E-state index contributed by atoms with van der Waals surface area (Å²) in [6.07, 6.45) is 3.87. The van der Waals surface area contributed by atoms with Crippen molar-refractivity contribution in [1.82, 2.24) is 9.38 Å². The first-order valence-corrected chi connectivity index (χ1v) is 6.58. The Morgan fingerprint density at radius 3 is 2.44 bits per heavy atom. The number of imidazole rings is 1. The number of fused-ring (bicyclic) bond motifs is 1. The zero-order chi connectivity index (χ0) is 14.0. The predicted molar refractivity (Wildman–Crippen MR) is 77.2 cm³/mol. The van der Waals surface area contributed by atoms with Crippen LogP contribution in [0.3, 0.4) is 0 Å². The van der Waals surface area contributed by atoms with Crippen molar-refractivity contribution in [2.45, 2.75) is 34.6 Å². The van der Waals surface area contributed by atoms with E-state index in [2.05, 4.69) is 4.98 Å². The summed E-state index contributed by atoms with van der Waals surface area (Å²) in [5, 5.41) is 0.